The number of nitro benzene ring substituents is 1. The number of benzene rings is 8. The highest BCUT2D eigenvalue weighted by atomic mass is 35.5. The molecule has 0 radical (unpaired) electrons. The van der Waals surface area contributed by atoms with Crippen LogP contribution in [0, 0.1) is 49.1 Å². The number of carbonyl (C=O) groups is 1. The van der Waals surface area contributed by atoms with Crippen LogP contribution in [0.4, 0.5) is 28.4 Å². The molecule has 0 aliphatic carbocycles. The molecule has 19 nitrogen and oxygen atoms in total. The average molecular weight is 1570 g/mol. The van der Waals surface area contributed by atoms with Gasteiger partial charge in [-0.2, -0.15) is 5.26 Å². The van der Waals surface area contributed by atoms with E-state index in [-0.39, 0.29) is 44.6 Å². The molecule has 0 saturated heterocycles. The van der Waals surface area contributed by atoms with Crippen molar-refractivity contribution in [2.75, 3.05) is 24.6 Å². The fourth-order valence-electron chi connectivity index (χ4n) is 9.67. The molecule has 12 rings (SSSR count). The molecule has 0 fully saturated rings. The summed E-state index contributed by atoms with van der Waals surface area (Å²) in [7, 11) is -18.3. The highest BCUT2D eigenvalue weighted by Gasteiger charge is 2.27. The molecule has 0 unspecified atom stereocenters. The van der Waals surface area contributed by atoms with Crippen molar-refractivity contribution in [3.8, 4) is 6.07 Å². The molecule has 12 aromatic rings. The van der Waals surface area contributed by atoms with Gasteiger partial charge in [-0.1, -0.05) is 53.3 Å². The number of sulfone groups is 1. The highest BCUT2D eigenvalue weighted by molar-refractivity contribution is 7.96. The van der Waals surface area contributed by atoms with E-state index >= 15 is 0 Å². The molecule has 0 aliphatic rings. The van der Waals surface area contributed by atoms with Gasteiger partial charge in [-0.3, -0.25) is 33.8 Å². The first-order valence-corrected chi connectivity index (χ1v) is 41.0. The van der Waals surface area contributed by atoms with E-state index in [1.807, 2.05) is 18.2 Å². The van der Waals surface area contributed by atoms with Crippen molar-refractivity contribution in [1.82, 2.24) is 0 Å². The lowest BCUT2D eigenvalue weighted by Gasteiger charge is -2.08. The Bertz CT molecular complexity index is 5560. The summed E-state index contributed by atoms with van der Waals surface area (Å²) in [4.78, 5) is 21.6. The zero-order chi connectivity index (χ0) is 71.4. The first-order valence-electron chi connectivity index (χ1n) is 28.6. The molecule has 4 heterocycles. The smallest absolute Gasteiger partial charge is 0.271 e. The molecule has 98 heavy (non-hydrogen) atoms. The SMILES string of the molecule is CC(=O)c1ccc(NS(=O)(=O)c2sc3ccc(Cl)cc3c2C)cc1.CCCS(=O)(=O)c1ccc(NS(=O)(=O)c2sc3ccc(Cl)cc3c2C)cc1.Cc1c(S(=O)(=O)Nc2ccc(C#N)cc2)sc2ccc(Cl)cc12.Cc1c(S(=O)(=O)Nc2ccc([N+](=O)[O-])cc2)sc2ccc(Cl)cc12. The van der Waals surface area contributed by atoms with Gasteiger partial charge in [0.25, 0.3) is 45.8 Å². The van der Waals surface area contributed by atoms with Gasteiger partial charge < -0.3 is 0 Å². The Labute approximate surface area is 601 Å². The third kappa shape index (κ3) is 17.5. The van der Waals surface area contributed by atoms with E-state index in [9.17, 15) is 57.0 Å². The number of Topliss-reactive ketones (excluding diaryl/α,β-unsaturated/α-hetero) is 1. The van der Waals surface area contributed by atoms with E-state index < -0.39 is 54.9 Å². The molecule has 0 saturated carbocycles. The van der Waals surface area contributed by atoms with Gasteiger partial charge in [0.1, 0.15) is 16.8 Å². The number of thiophene rings is 4. The number of nitriles is 1. The molecule has 32 heteroatoms. The van der Waals surface area contributed by atoms with E-state index in [1.165, 1.54) is 89.5 Å². The molecule has 508 valence electrons. The Morgan fingerprint density at radius 1 is 0.449 bits per heavy atom. The molecule has 0 spiro atoms. The molecular formula is C66H54Cl4N6O13S9. The Hall–Kier alpha value is -7.73. The molecular weight excluding hydrogens is 1520 g/mol. The second kappa shape index (κ2) is 30.4. The summed E-state index contributed by atoms with van der Waals surface area (Å²) >= 11 is 28.7. The van der Waals surface area contributed by atoms with E-state index in [1.54, 1.807) is 144 Å². The summed E-state index contributed by atoms with van der Waals surface area (Å²) < 4.78 is 140. The molecule has 8 aromatic carbocycles. The number of halogens is 4. The van der Waals surface area contributed by atoms with E-state index in [0.29, 0.717) is 77.0 Å². The Morgan fingerprint density at radius 2 is 0.724 bits per heavy atom. The van der Waals surface area contributed by atoms with Crippen molar-refractivity contribution >= 4 is 216 Å². The number of ketones is 1. The topological polar surface area (TPSA) is 303 Å². The van der Waals surface area contributed by atoms with Gasteiger partial charge in [0.15, 0.2) is 15.6 Å². The number of hydrogen-bond acceptors (Lipinski definition) is 18. The van der Waals surface area contributed by atoms with Crippen LogP contribution < -0.4 is 18.9 Å². The molecule has 0 amide bonds. The van der Waals surface area contributed by atoms with Crippen LogP contribution >= 0.6 is 91.8 Å². The summed E-state index contributed by atoms with van der Waals surface area (Å²) in [6, 6.07) is 46.7. The van der Waals surface area contributed by atoms with Gasteiger partial charge in [0, 0.05) is 79.3 Å². The van der Waals surface area contributed by atoms with Crippen LogP contribution in [0.2, 0.25) is 20.1 Å². The number of nitro groups is 1. The lowest BCUT2D eigenvalue weighted by molar-refractivity contribution is -0.384. The summed E-state index contributed by atoms with van der Waals surface area (Å²) in [6.07, 6.45) is 0.520. The minimum Gasteiger partial charge on any atom is -0.295 e. The maximum Gasteiger partial charge on any atom is 0.271 e. The fourth-order valence-corrected chi connectivity index (χ4v) is 22.9. The van der Waals surface area contributed by atoms with Crippen LogP contribution in [0.5, 0.6) is 0 Å². The number of rotatable bonds is 17. The number of fused-ring (bicyclic) bond motifs is 4. The van der Waals surface area contributed by atoms with Crippen molar-refractivity contribution in [2.45, 2.75) is 69.7 Å². The van der Waals surface area contributed by atoms with Crippen LogP contribution in [0.25, 0.3) is 40.3 Å². The van der Waals surface area contributed by atoms with Crippen LogP contribution in [-0.4, -0.2) is 58.5 Å². The van der Waals surface area contributed by atoms with Gasteiger partial charge in [-0.25, -0.2) is 42.1 Å². The molecule has 0 bridgehead atoms. The first-order chi connectivity index (χ1) is 46.1. The van der Waals surface area contributed by atoms with Gasteiger partial charge in [0.05, 0.1) is 27.2 Å². The summed E-state index contributed by atoms with van der Waals surface area (Å²) in [5.41, 5.74) is 4.89. The van der Waals surface area contributed by atoms with Gasteiger partial charge >= 0.3 is 0 Å². The molecule has 4 aromatic heterocycles. The Morgan fingerprint density at radius 3 is 0.990 bits per heavy atom. The van der Waals surface area contributed by atoms with E-state index in [2.05, 4.69) is 18.9 Å². The molecule has 0 aliphatic heterocycles. The summed E-state index contributed by atoms with van der Waals surface area (Å²) in [6.45, 7) is 10.3. The first kappa shape index (κ1) is 74.5. The lowest BCUT2D eigenvalue weighted by atomic mass is 10.1. The lowest BCUT2D eigenvalue weighted by Crippen LogP contribution is -2.13. The quantitative estimate of drug-likeness (QED) is 0.0374. The second-order valence-corrected chi connectivity index (χ2v) is 37.1. The number of hydrogen-bond donors (Lipinski definition) is 4. The Kier molecular flexibility index (Phi) is 23.1. The van der Waals surface area contributed by atoms with Crippen LogP contribution in [-0.2, 0) is 49.9 Å². The van der Waals surface area contributed by atoms with Crippen LogP contribution in [0.1, 0.15) is 58.4 Å². The summed E-state index contributed by atoms with van der Waals surface area (Å²) in [5.74, 6) is -0.0108. The summed E-state index contributed by atoms with van der Waals surface area (Å²) in [5, 5.41) is 24.9. The predicted molar refractivity (Wildman–Crippen MR) is 399 cm³/mol. The fraction of sp³-hybridized carbons (Fsp3) is 0.121. The number of nitrogens with zero attached hydrogens (tertiary/aromatic N) is 2. The predicted octanol–water partition coefficient (Wildman–Crippen LogP) is 18.8. The number of non-ortho nitro benzene ring substituents is 1. The number of anilines is 4. The number of sulfonamides is 4. The maximum absolute atomic E-state index is 12.8. The van der Waals surface area contributed by atoms with Gasteiger partial charge in [-0.05, 0) is 243 Å². The van der Waals surface area contributed by atoms with Gasteiger partial charge in [-0.15, -0.1) is 45.3 Å². The number of carbonyl (C=O) groups excluding carboxylic acids is 1. The van der Waals surface area contributed by atoms with Crippen LogP contribution in [0.3, 0.4) is 0 Å². The highest BCUT2D eigenvalue weighted by Crippen LogP contribution is 2.41. The van der Waals surface area contributed by atoms with Crippen molar-refractivity contribution < 1.29 is 51.8 Å². The average Bonchev–Trinajstić information content (AvgIpc) is 1.65. The largest absolute Gasteiger partial charge is 0.295 e. The Balaban J connectivity index is 0.000000153. The molecule has 4 N–H and O–H groups in total. The normalized spacial score (nSPS) is 11.8. The van der Waals surface area contributed by atoms with Crippen molar-refractivity contribution in [2.24, 2.45) is 0 Å². The number of aryl methyl sites for hydroxylation is 4. The zero-order valence-corrected chi connectivity index (χ0v) is 62.3. The standard InChI is InChI=1S/C18H18ClNO4S3.C17H14ClNO3S2.C16H11ClN2O2S2.C15H11ClN2O4S2/c1-3-10-26(21,22)15-7-5-14(6-8-15)20-27(23,24)18-12(2)16-11-13(19)4-9-17(16)25-18;1-10-15-9-13(18)5-8-16(15)23-17(10)24(21,22)19-14-6-3-12(4-7-14)11(2)20;1-10-14-8-12(17)4-7-15(14)22-16(10)23(20,21)19-13-5-2-11(9-18)3-6-13;1-9-13-8-10(16)2-7-14(13)23-15(9)24(21,22)17-11-3-5-12(6-4-11)18(19)20/h4-9,11,20H,3,10H2,1-2H3;3-9,19H,1-2H3;2-8,19H,1H3;2-8,17H,1H3. The zero-order valence-electron chi connectivity index (χ0n) is 52.0. The van der Waals surface area contributed by atoms with E-state index in [4.69, 9.17) is 51.7 Å². The monoisotopic (exact) mass is 1570 g/mol. The van der Waals surface area contributed by atoms with E-state index in [0.717, 1.165) is 51.7 Å². The second-order valence-electron chi connectivity index (χ2n) is 21.5. The van der Waals surface area contributed by atoms with Gasteiger partial charge in [0.2, 0.25) is 0 Å². The third-order valence-electron chi connectivity index (χ3n) is 14.5. The third-order valence-corrected chi connectivity index (χ3v) is 30.4. The minimum absolute atomic E-state index is 0.0572. The van der Waals surface area contributed by atoms with Crippen molar-refractivity contribution in [3.05, 3.63) is 233 Å². The molecule has 0 atom stereocenters. The minimum atomic E-state index is -3.80. The maximum atomic E-state index is 12.8. The van der Waals surface area contributed by atoms with Crippen molar-refractivity contribution in [3.63, 3.8) is 0 Å². The van der Waals surface area contributed by atoms with Crippen LogP contribution in [0.15, 0.2) is 192 Å². The van der Waals surface area contributed by atoms with Crippen molar-refractivity contribution in [1.29, 1.82) is 5.26 Å². The number of nitrogens with one attached hydrogen (secondary N) is 4.